The molecule has 1 N–H and O–H groups in total. The van der Waals surface area contributed by atoms with Crippen LogP contribution in [0.5, 0.6) is 5.75 Å². The van der Waals surface area contributed by atoms with Crippen LogP contribution in [0.3, 0.4) is 0 Å². The number of carbonyl (C=O) groups excluding carboxylic acids is 1. The van der Waals surface area contributed by atoms with E-state index in [0.717, 1.165) is 29.7 Å². The van der Waals surface area contributed by atoms with E-state index in [2.05, 4.69) is 36.2 Å². The second-order valence-corrected chi connectivity index (χ2v) is 6.00. The summed E-state index contributed by atoms with van der Waals surface area (Å²) in [6.07, 6.45) is 0.858. The Labute approximate surface area is 136 Å². The minimum Gasteiger partial charge on any atom is -0.497 e. The van der Waals surface area contributed by atoms with E-state index < -0.39 is 0 Å². The number of benzene rings is 2. The normalized spacial score (nSPS) is 11.1. The number of nitrogens with zero attached hydrogens (tertiary/aromatic N) is 1. The van der Waals surface area contributed by atoms with Gasteiger partial charge in [0.15, 0.2) is 0 Å². The van der Waals surface area contributed by atoms with Gasteiger partial charge in [-0.1, -0.05) is 12.1 Å². The lowest BCUT2D eigenvalue weighted by molar-refractivity contribution is -0.127. The van der Waals surface area contributed by atoms with E-state index in [9.17, 15) is 4.79 Å². The Kier molecular flexibility index (Phi) is 3.99. The maximum atomic E-state index is 11.3. The first kappa shape index (κ1) is 15.4. The topological polar surface area (TPSA) is 45.3 Å². The number of methoxy groups -OCH3 is 1. The largest absolute Gasteiger partial charge is 0.497 e. The molecule has 1 heterocycles. The number of aryl methyl sites for hydroxylation is 1. The highest BCUT2D eigenvalue weighted by atomic mass is 16.5. The quantitative estimate of drug-likeness (QED) is 0.799. The van der Waals surface area contributed by atoms with Crippen LogP contribution in [0, 0.1) is 6.92 Å². The number of carbonyl (C=O) groups is 1. The molecule has 4 nitrogen and oxygen atoms in total. The number of aromatic amines is 1. The second kappa shape index (κ2) is 5.95. The van der Waals surface area contributed by atoms with Crippen molar-refractivity contribution in [1.29, 1.82) is 0 Å². The van der Waals surface area contributed by atoms with E-state index in [4.69, 9.17) is 4.74 Å². The molecule has 3 rings (SSSR count). The molecular weight excluding hydrogens is 288 g/mol. The van der Waals surface area contributed by atoms with Crippen LogP contribution in [0.2, 0.25) is 0 Å². The fourth-order valence-corrected chi connectivity index (χ4v) is 2.97. The Morgan fingerprint density at radius 1 is 1.22 bits per heavy atom. The number of rotatable bonds is 4. The first-order chi connectivity index (χ1) is 11.0. The summed E-state index contributed by atoms with van der Waals surface area (Å²) >= 11 is 0. The van der Waals surface area contributed by atoms with Gasteiger partial charge in [0.25, 0.3) is 0 Å². The summed E-state index contributed by atoms with van der Waals surface area (Å²) in [5.74, 6) is 0.963. The summed E-state index contributed by atoms with van der Waals surface area (Å²) < 4.78 is 5.33. The number of hydrogen-bond acceptors (Lipinski definition) is 2. The molecule has 0 radical (unpaired) electrons. The van der Waals surface area contributed by atoms with Crippen molar-refractivity contribution in [2.75, 3.05) is 20.7 Å². The molecular formula is C19H22N2O2. The molecule has 4 heteroatoms. The van der Waals surface area contributed by atoms with E-state index in [-0.39, 0.29) is 5.91 Å². The summed E-state index contributed by atoms with van der Waals surface area (Å²) in [4.78, 5) is 16.6. The van der Waals surface area contributed by atoms with Crippen LogP contribution < -0.4 is 4.74 Å². The van der Waals surface area contributed by atoms with Crippen molar-refractivity contribution in [1.82, 2.24) is 9.88 Å². The van der Waals surface area contributed by atoms with Gasteiger partial charge in [-0.15, -0.1) is 0 Å². The minimum atomic E-state index is 0.0986. The molecule has 0 unspecified atom stereocenters. The number of amides is 1. The van der Waals surface area contributed by atoms with Gasteiger partial charge in [0.1, 0.15) is 5.75 Å². The van der Waals surface area contributed by atoms with Gasteiger partial charge in [0.2, 0.25) is 5.91 Å². The van der Waals surface area contributed by atoms with Gasteiger partial charge in [-0.05, 0) is 42.7 Å². The zero-order valence-electron chi connectivity index (χ0n) is 14.1. The highest BCUT2D eigenvalue weighted by molar-refractivity contribution is 6.08. The predicted molar refractivity (Wildman–Crippen MR) is 94.1 cm³/mol. The molecule has 1 aromatic heterocycles. The molecule has 23 heavy (non-hydrogen) atoms. The monoisotopic (exact) mass is 310 g/mol. The van der Waals surface area contributed by atoms with Crippen LogP contribution in [0.15, 0.2) is 30.3 Å². The molecule has 1 amide bonds. The molecule has 2 aromatic carbocycles. The van der Waals surface area contributed by atoms with Crippen LogP contribution in [0.25, 0.3) is 21.8 Å². The second-order valence-electron chi connectivity index (χ2n) is 6.00. The van der Waals surface area contributed by atoms with Crippen LogP contribution in [-0.4, -0.2) is 36.5 Å². The minimum absolute atomic E-state index is 0.0986. The highest BCUT2D eigenvalue weighted by Gasteiger charge is 2.11. The maximum Gasteiger partial charge on any atom is 0.219 e. The van der Waals surface area contributed by atoms with Gasteiger partial charge in [0.05, 0.1) is 7.11 Å². The Bertz CT molecular complexity index is 880. The molecule has 0 spiro atoms. The summed E-state index contributed by atoms with van der Waals surface area (Å²) in [5, 5.41) is 2.38. The molecule has 0 saturated heterocycles. The third-order valence-corrected chi connectivity index (χ3v) is 4.61. The van der Waals surface area contributed by atoms with Crippen LogP contribution >= 0.6 is 0 Å². The van der Waals surface area contributed by atoms with Gasteiger partial charge in [-0.25, -0.2) is 0 Å². The Balaban J connectivity index is 2.02. The Morgan fingerprint density at radius 2 is 2.00 bits per heavy atom. The number of likely N-dealkylation sites (N-methyl/N-ethyl adjacent to an activating group) is 1. The third kappa shape index (κ3) is 2.77. The number of ether oxygens (including phenoxy) is 1. The average molecular weight is 310 g/mol. The number of hydrogen-bond donors (Lipinski definition) is 1. The van der Waals surface area contributed by atoms with Gasteiger partial charge in [0, 0.05) is 42.3 Å². The fourth-order valence-electron chi connectivity index (χ4n) is 2.97. The summed E-state index contributed by atoms with van der Waals surface area (Å²) in [6, 6.07) is 10.4. The lowest BCUT2D eigenvalue weighted by Crippen LogP contribution is -2.26. The van der Waals surface area contributed by atoms with E-state index in [0.29, 0.717) is 0 Å². The molecule has 0 aliphatic heterocycles. The van der Waals surface area contributed by atoms with Gasteiger partial charge >= 0.3 is 0 Å². The molecule has 0 bridgehead atoms. The molecule has 0 atom stereocenters. The molecule has 0 fully saturated rings. The van der Waals surface area contributed by atoms with Crippen molar-refractivity contribution in [3.05, 3.63) is 41.5 Å². The highest BCUT2D eigenvalue weighted by Crippen LogP contribution is 2.31. The number of H-pyrrole nitrogens is 1. The SMILES string of the molecule is COc1ccc2[nH]c3c(C)c(CCN(C)C(C)=O)ccc3c2c1. The van der Waals surface area contributed by atoms with Crippen LogP contribution in [-0.2, 0) is 11.2 Å². The van der Waals surface area contributed by atoms with Crippen molar-refractivity contribution in [2.45, 2.75) is 20.3 Å². The van der Waals surface area contributed by atoms with E-state index >= 15 is 0 Å². The summed E-state index contributed by atoms with van der Waals surface area (Å²) in [6.45, 7) is 4.47. The van der Waals surface area contributed by atoms with E-state index in [1.165, 1.54) is 21.9 Å². The van der Waals surface area contributed by atoms with Crippen LogP contribution in [0.4, 0.5) is 0 Å². The Hall–Kier alpha value is -2.49. The fraction of sp³-hybridized carbons (Fsp3) is 0.316. The molecule has 0 aliphatic rings. The lowest BCUT2D eigenvalue weighted by Gasteiger charge is -2.15. The molecule has 120 valence electrons. The molecule has 3 aromatic rings. The van der Waals surface area contributed by atoms with E-state index in [1.54, 1.807) is 18.9 Å². The third-order valence-electron chi connectivity index (χ3n) is 4.61. The first-order valence-corrected chi connectivity index (χ1v) is 7.81. The van der Waals surface area contributed by atoms with Crippen molar-refractivity contribution in [3.63, 3.8) is 0 Å². The number of fused-ring (bicyclic) bond motifs is 3. The Morgan fingerprint density at radius 3 is 2.70 bits per heavy atom. The standard InChI is InChI=1S/C19H22N2O2/c1-12-14(9-10-21(3)13(2)22)5-7-16-17-11-15(23-4)6-8-18(17)20-19(12)16/h5-8,11,20H,9-10H2,1-4H3. The summed E-state index contributed by atoms with van der Waals surface area (Å²) in [7, 11) is 3.52. The van der Waals surface area contributed by atoms with Crippen molar-refractivity contribution in [2.24, 2.45) is 0 Å². The van der Waals surface area contributed by atoms with E-state index in [1.807, 2.05) is 13.1 Å². The van der Waals surface area contributed by atoms with Crippen LogP contribution in [0.1, 0.15) is 18.1 Å². The number of aromatic nitrogens is 1. The zero-order valence-corrected chi connectivity index (χ0v) is 14.1. The van der Waals surface area contributed by atoms with Gasteiger partial charge < -0.3 is 14.6 Å². The average Bonchev–Trinajstić information content (AvgIpc) is 2.92. The summed E-state index contributed by atoms with van der Waals surface area (Å²) in [5.41, 5.74) is 4.79. The van der Waals surface area contributed by atoms with Gasteiger partial charge in [-0.3, -0.25) is 4.79 Å². The molecule has 0 saturated carbocycles. The smallest absolute Gasteiger partial charge is 0.219 e. The maximum absolute atomic E-state index is 11.3. The number of nitrogens with one attached hydrogen (secondary N) is 1. The predicted octanol–water partition coefficient (Wildman–Crippen LogP) is 3.66. The van der Waals surface area contributed by atoms with Gasteiger partial charge in [-0.2, -0.15) is 0 Å². The first-order valence-electron chi connectivity index (χ1n) is 7.81. The van der Waals surface area contributed by atoms with Crippen molar-refractivity contribution < 1.29 is 9.53 Å². The molecule has 0 aliphatic carbocycles. The lowest BCUT2D eigenvalue weighted by atomic mass is 10.0. The zero-order chi connectivity index (χ0) is 16.6. The van der Waals surface area contributed by atoms with Crippen molar-refractivity contribution in [3.8, 4) is 5.75 Å². The van der Waals surface area contributed by atoms with Crippen molar-refractivity contribution >= 4 is 27.7 Å².